The maximum atomic E-state index is 3.61. The van der Waals surface area contributed by atoms with Gasteiger partial charge < -0.3 is 15.5 Å². The Kier molecular flexibility index (Phi) is 6.45. The van der Waals surface area contributed by atoms with E-state index in [1.807, 2.05) is 7.05 Å². The molecule has 0 bridgehead atoms. The molecule has 0 saturated carbocycles. The van der Waals surface area contributed by atoms with Crippen LogP contribution >= 0.6 is 0 Å². The summed E-state index contributed by atoms with van der Waals surface area (Å²) in [6, 6.07) is 0. The van der Waals surface area contributed by atoms with Gasteiger partial charge >= 0.3 is 0 Å². The van der Waals surface area contributed by atoms with Crippen molar-refractivity contribution in [1.82, 2.24) is 15.5 Å². The van der Waals surface area contributed by atoms with E-state index >= 15 is 0 Å². The summed E-state index contributed by atoms with van der Waals surface area (Å²) in [4.78, 5) is 2.48. The van der Waals surface area contributed by atoms with Crippen LogP contribution in [0, 0.1) is 11.3 Å². The average molecular weight is 241 g/mol. The van der Waals surface area contributed by atoms with Gasteiger partial charge in [0.2, 0.25) is 0 Å². The van der Waals surface area contributed by atoms with Crippen molar-refractivity contribution in [2.75, 3.05) is 46.8 Å². The van der Waals surface area contributed by atoms with Gasteiger partial charge in [0.25, 0.3) is 0 Å². The first kappa shape index (κ1) is 14.9. The maximum absolute atomic E-state index is 3.61. The summed E-state index contributed by atoms with van der Waals surface area (Å²) in [7, 11) is 4.27. The van der Waals surface area contributed by atoms with E-state index in [9.17, 15) is 0 Å². The third-order valence-electron chi connectivity index (χ3n) is 4.09. The number of nitrogens with zero attached hydrogens (tertiary/aromatic N) is 1. The molecule has 1 rings (SSSR count). The van der Waals surface area contributed by atoms with Crippen molar-refractivity contribution in [3.8, 4) is 0 Å². The fraction of sp³-hybridized carbons (Fsp3) is 1.00. The second-order valence-corrected chi connectivity index (χ2v) is 6.22. The van der Waals surface area contributed by atoms with Crippen molar-refractivity contribution in [3.63, 3.8) is 0 Å². The number of hydrogen-bond donors (Lipinski definition) is 2. The van der Waals surface area contributed by atoms with Crippen LogP contribution in [0.25, 0.3) is 0 Å². The maximum Gasteiger partial charge on any atom is 0.00122 e. The van der Waals surface area contributed by atoms with E-state index in [4.69, 9.17) is 0 Å². The van der Waals surface area contributed by atoms with Crippen molar-refractivity contribution in [1.29, 1.82) is 0 Å². The SMILES string of the molecule is CNCCCNCC(C)(C)C1CCCN(C)C1. The molecule has 0 aliphatic carbocycles. The van der Waals surface area contributed by atoms with Crippen molar-refractivity contribution in [2.24, 2.45) is 11.3 Å². The molecule has 1 heterocycles. The zero-order chi connectivity index (χ0) is 12.7. The quantitative estimate of drug-likeness (QED) is 0.662. The molecule has 0 amide bonds. The molecule has 0 aromatic rings. The Morgan fingerprint density at radius 1 is 1.29 bits per heavy atom. The minimum Gasteiger partial charge on any atom is -0.320 e. The molecule has 2 N–H and O–H groups in total. The Morgan fingerprint density at radius 3 is 2.71 bits per heavy atom. The zero-order valence-corrected chi connectivity index (χ0v) is 12.2. The zero-order valence-electron chi connectivity index (χ0n) is 12.2. The van der Waals surface area contributed by atoms with Crippen molar-refractivity contribution in [2.45, 2.75) is 33.1 Å². The summed E-state index contributed by atoms with van der Waals surface area (Å²) in [5.41, 5.74) is 0.425. The van der Waals surface area contributed by atoms with E-state index < -0.39 is 0 Å². The molecule has 0 radical (unpaired) electrons. The van der Waals surface area contributed by atoms with Gasteiger partial charge in [-0.2, -0.15) is 0 Å². The first-order chi connectivity index (χ1) is 8.06. The topological polar surface area (TPSA) is 27.3 Å². The number of rotatable bonds is 7. The predicted molar refractivity (Wildman–Crippen MR) is 75.4 cm³/mol. The standard InChI is InChI=1S/C14H31N3/c1-14(2,12-16-9-6-8-15-3)13-7-5-10-17(4)11-13/h13,15-16H,5-12H2,1-4H3. The lowest BCUT2D eigenvalue weighted by atomic mass is 9.74. The minimum atomic E-state index is 0.425. The molecule has 1 aliphatic heterocycles. The molecule has 0 aromatic heterocycles. The molecule has 0 aromatic carbocycles. The van der Waals surface area contributed by atoms with Crippen molar-refractivity contribution < 1.29 is 0 Å². The first-order valence-corrected chi connectivity index (χ1v) is 7.10. The monoisotopic (exact) mass is 241 g/mol. The minimum absolute atomic E-state index is 0.425. The summed E-state index contributed by atoms with van der Waals surface area (Å²) in [6.45, 7) is 10.8. The highest BCUT2D eigenvalue weighted by molar-refractivity contribution is 4.85. The molecular weight excluding hydrogens is 210 g/mol. The van der Waals surface area contributed by atoms with Gasteiger partial charge in [0.05, 0.1) is 0 Å². The largest absolute Gasteiger partial charge is 0.320 e. The van der Waals surface area contributed by atoms with Gasteiger partial charge in [0, 0.05) is 13.1 Å². The Balaban J connectivity index is 2.24. The van der Waals surface area contributed by atoms with Crippen LogP contribution in [-0.4, -0.2) is 51.7 Å². The van der Waals surface area contributed by atoms with Crippen molar-refractivity contribution in [3.05, 3.63) is 0 Å². The third-order valence-corrected chi connectivity index (χ3v) is 4.09. The molecule has 0 spiro atoms. The van der Waals surface area contributed by atoms with Crippen LogP contribution in [-0.2, 0) is 0 Å². The van der Waals surface area contributed by atoms with E-state index in [-0.39, 0.29) is 0 Å². The predicted octanol–water partition coefficient (Wildman–Crippen LogP) is 1.55. The summed E-state index contributed by atoms with van der Waals surface area (Å²) in [6.07, 6.45) is 3.98. The van der Waals surface area contributed by atoms with Crippen LogP contribution in [0.4, 0.5) is 0 Å². The number of piperidine rings is 1. The van der Waals surface area contributed by atoms with Gasteiger partial charge in [-0.3, -0.25) is 0 Å². The summed E-state index contributed by atoms with van der Waals surface area (Å²) in [5.74, 6) is 0.845. The third kappa shape index (κ3) is 5.36. The van der Waals surface area contributed by atoms with Crippen LogP contribution in [0.2, 0.25) is 0 Å². The summed E-state index contributed by atoms with van der Waals surface area (Å²) >= 11 is 0. The Morgan fingerprint density at radius 2 is 2.06 bits per heavy atom. The lowest BCUT2D eigenvalue weighted by molar-refractivity contribution is 0.103. The number of nitrogens with one attached hydrogen (secondary N) is 2. The average Bonchev–Trinajstić information content (AvgIpc) is 2.29. The lowest BCUT2D eigenvalue weighted by Gasteiger charge is -2.40. The highest BCUT2D eigenvalue weighted by Crippen LogP contribution is 2.32. The van der Waals surface area contributed by atoms with Crippen LogP contribution in [0.1, 0.15) is 33.1 Å². The van der Waals surface area contributed by atoms with Crippen LogP contribution < -0.4 is 10.6 Å². The Bertz CT molecular complexity index is 204. The highest BCUT2D eigenvalue weighted by Gasteiger charge is 2.31. The number of likely N-dealkylation sites (tertiary alicyclic amines) is 1. The summed E-state index contributed by atoms with van der Waals surface area (Å²) < 4.78 is 0. The fourth-order valence-electron chi connectivity index (χ4n) is 2.75. The van der Waals surface area contributed by atoms with Gasteiger partial charge in [0.1, 0.15) is 0 Å². The Labute approximate surface area is 107 Å². The Hall–Kier alpha value is -0.120. The van der Waals surface area contributed by atoms with Gasteiger partial charge in [0.15, 0.2) is 0 Å². The lowest BCUT2D eigenvalue weighted by Crippen LogP contribution is -2.44. The van der Waals surface area contributed by atoms with E-state index in [1.54, 1.807) is 0 Å². The van der Waals surface area contributed by atoms with Crippen molar-refractivity contribution >= 4 is 0 Å². The molecule has 3 nitrogen and oxygen atoms in total. The molecule has 1 saturated heterocycles. The van der Waals surface area contributed by atoms with E-state index in [1.165, 1.54) is 32.4 Å². The van der Waals surface area contributed by atoms with E-state index in [2.05, 4.69) is 36.4 Å². The van der Waals surface area contributed by atoms with Crippen LogP contribution in [0.5, 0.6) is 0 Å². The molecule has 17 heavy (non-hydrogen) atoms. The first-order valence-electron chi connectivity index (χ1n) is 7.10. The molecule has 1 aliphatic rings. The normalized spacial score (nSPS) is 22.9. The molecular formula is C14H31N3. The smallest absolute Gasteiger partial charge is 0.00122 e. The number of hydrogen-bond acceptors (Lipinski definition) is 3. The van der Waals surface area contributed by atoms with Crippen LogP contribution in [0.15, 0.2) is 0 Å². The highest BCUT2D eigenvalue weighted by atomic mass is 15.1. The van der Waals surface area contributed by atoms with Crippen LogP contribution in [0.3, 0.4) is 0 Å². The molecule has 3 heteroatoms. The second kappa shape index (κ2) is 7.34. The molecule has 1 fully saturated rings. The van der Waals surface area contributed by atoms with Gasteiger partial charge in [-0.1, -0.05) is 13.8 Å². The van der Waals surface area contributed by atoms with E-state index in [0.717, 1.165) is 25.6 Å². The van der Waals surface area contributed by atoms with Gasteiger partial charge in [-0.15, -0.1) is 0 Å². The fourth-order valence-corrected chi connectivity index (χ4v) is 2.75. The molecule has 1 unspecified atom stereocenters. The molecule has 1 atom stereocenters. The van der Waals surface area contributed by atoms with E-state index in [0.29, 0.717) is 5.41 Å². The summed E-state index contributed by atoms with van der Waals surface area (Å²) in [5, 5.41) is 6.80. The molecule has 102 valence electrons. The van der Waals surface area contributed by atoms with Gasteiger partial charge in [-0.25, -0.2) is 0 Å². The van der Waals surface area contributed by atoms with Gasteiger partial charge in [-0.05, 0) is 64.3 Å². The second-order valence-electron chi connectivity index (χ2n) is 6.22.